The number of nitro benzene ring substituents is 1. The van der Waals surface area contributed by atoms with Crippen molar-refractivity contribution in [2.75, 3.05) is 17.2 Å². The minimum Gasteiger partial charge on any atom is -0.452 e. The van der Waals surface area contributed by atoms with Gasteiger partial charge in [0.2, 0.25) is 0 Å². The normalized spacial score (nSPS) is 11.4. The number of hydrogen-bond acceptors (Lipinski definition) is 6. The Morgan fingerprint density at radius 3 is 2.46 bits per heavy atom. The molecule has 8 heteroatoms. The molecule has 2 N–H and O–H groups in total. The van der Waals surface area contributed by atoms with E-state index >= 15 is 0 Å². The first-order chi connectivity index (χ1) is 13.4. The summed E-state index contributed by atoms with van der Waals surface area (Å²) in [6, 6.07) is 13.6. The first-order valence-electron chi connectivity index (χ1n) is 8.97. The lowest BCUT2D eigenvalue weighted by atomic mass is 10.1. The summed E-state index contributed by atoms with van der Waals surface area (Å²) in [6.45, 7) is 3.68. The van der Waals surface area contributed by atoms with Crippen LogP contribution in [-0.2, 0) is 20.7 Å². The van der Waals surface area contributed by atoms with Gasteiger partial charge in [0.1, 0.15) is 5.69 Å². The van der Waals surface area contributed by atoms with E-state index in [1.165, 1.54) is 13.0 Å². The molecule has 1 unspecified atom stereocenters. The topological polar surface area (TPSA) is 111 Å². The number of nitro groups is 1. The van der Waals surface area contributed by atoms with Gasteiger partial charge in [0.15, 0.2) is 6.10 Å². The Labute approximate surface area is 163 Å². The third kappa shape index (κ3) is 6.08. The Kier molecular flexibility index (Phi) is 7.50. The average molecular weight is 385 g/mol. The van der Waals surface area contributed by atoms with Gasteiger partial charge in [0.25, 0.3) is 11.6 Å². The highest BCUT2D eigenvalue weighted by Crippen LogP contribution is 2.22. The summed E-state index contributed by atoms with van der Waals surface area (Å²) < 4.78 is 5.12. The van der Waals surface area contributed by atoms with Gasteiger partial charge in [-0.25, -0.2) is 0 Å². The zero-order valence-electron chi connectivity index (χ0n) is 15.8. The summed E-state index contributed by atoms with van der Waals surface area (Å²) in [5.41, 5.74) is 2.03. The molecule has 0 radical (unpaired) electrons. The van der Waals surface area contributed by atoms with Gasteiger partial charge in [-0.15, -0.1) is 0 Å². The maximum absolute atomic E-state index is 12.1. The monoisotopic (exact) mass is 385 g/mol. The van der Waals surface area contributed by atoms with Crippen molar-refractivity contribution in [1.82, 2.24) is 0 Å². The van der Waals surface area contributed by atoms with Gasteiger partial charge in [0, 0.05) is 18.3 Å². The van der Waals surface area contributed by atoms with Crippen molar-refractivity contribution in [3.8, 4) is 0 Å². The molecule has 1 atom stereocenters. The average Bonchev–Trinajstić information content (AvgIpc) is 2.68. The van der Waals surface area contributed by atoms with E-state index in [1.54, 1.807) is 30.3 Å². The fraction of sp³-hybridized carbons (Fsp3) is 0.300. The largest absolute Gasteiger partial charge is 0.452 e. The number of para-hydroxylation sites is 2. The van der Waals surface area contributed by atoms with Crippen LogP contribution in [0.4, 0.5) is 17.1 Å². The molecule has 0 bridgehead atoms. The molecule has 0 spiro atoms. The van der Waals surface area contributed by atoms with Gasteiger partial charge in [-0.05, 0) is 37.1 Å². The van der Waals surface area contributed by atoms with E-state index in [9.17, 15) is 19.7 Å². The fourth-order valence-electron chi connectivity index (χ4n) is 2.46. The highest BCUT2D eigenvalue weighted by atomic mass is 16.6. The van der Waals surface area contributed by atoms with Crippen LogP contribution in [-0.4, -0.2) is 29.4 Å². The zero-order chi connectivity index (χ0) is 20.5. The number of hydrogen-bond donors (Lipinski definition) is 2. The number of ether oxygens (including phenoxy) is 1. The van der Waals surface area contributed by atoms with E-state index in [0.29, 0.717) is 11.4 Å². The molecule has 148 valence electrons. The van der Waals surface area contributed by atoms with Crippen molar-refractivity contribution in [2.24, 2.45) is 0 Å². The highest BCUT2D eigenvalue weighted by molar-refractivity contribution is 5.95. The molecular weight excluding hydrogens is 362 g/mol. The van der Waals surface area contributed by atoms with Gasteiger partial charge < -0.3 is 15.4 Å². The van der Waals surface area contributed by atoms with E-state index in [1.807, 2.05) is 19.1 Å². The molecule has 2 aromatic rings. The van der Waals surface area contributed by atoms with E-state index < -0.39 is 22.9 Å². The van der Waals surface area contributed by atoms with Crippen LogP contribution in [0.5, 0.6) is 0 Å². The van der Waals surface area contributed by atoms with Crippen molar-refractivity contribution >= 4 is 28.9 Å². The molecular formula is C20H23N3O5. The Balaban J connectivity index is 1.78. The van der Waals surface area contributed by atoms with Crippen LogP contribution < -0.4 is 10.6 Å². The van der Waals surface area contributed by atoms with Crippen molar-refractivity contribution in [2.45, 2.75) is 32.8 Å². The molecule has 2 rings (SSSR count). The van der Waals surface area contributed by atoms with Crippen molar-refractivity contribution in [3.05, 3.63) is 64.2 Å². The van der Waals surface area contributed by atoms with Gasteiger partial charge >= 0.3 is 5.97 Å². The van der Waals surface area contributed by atoms with Crippen LogP contribution in [0.25, 0.3) is 0 Å². The Hall–Kier alpha value is -3.42. The Morgan fingerprint density at radius 1 is 1.14 bits per heavy atom. The fourth-order valence-corrected chi connectivity index (χ4v) is 2.46. The zero-order valence-corrected chi connectivity index (χ0v) is 15.8. The number of benzene rings is 2. The summed E-state index contributed by atoms with van der Waals surface area (Å²) >= 11 is 0. The molecule has 28 heavy (non-hydrogen) atoms. The lowest BCUT2D eigenvalue weighted by molar-refractivity contribution is -0.384. The summed E-state index contributed by atoms with van der Waals surface area (Å²) in [7, 11) is 0. The first kappa shape index (κ1) is 20.9. The maximum Gasteiger partial charge on any atom is 0.308 e. The van der Waals surface area contributed by atoms with Crippen LogP contribution in [0.1, 0.15) is 25.8 Å². The molecule has 0 saturated heterocycles. The predicted octanol–water partition coefficient (Wildman–Crippen LogP) is 3.53. The number of esters is 1. The van der Waals surface area contributed by atoms with Crippen LogP contribution in [0, 0.1) is 10.1 Å². The van der Waals surface area contributed by atoms with Gasteiger partial charge in [-0.1, -0.05) is 31.2 Å². The molecule has 0 saturated carbocycles. The van der Waals surface area contributed by atoms with Gasteiger partial charge in [-0.3, -0.25) is 19.7 Å². The quantitative estimate of drug-likeness (QED) is 0.388. The standard InChI is InChI=1S/C20H23N3O5/c1-3-15-8-10-16(11-9-15)22-20(25)14(2)28-19(24)12-13-21-17-6-4-5-7-18(17)23(26)27/h4-11,14,21H,3,12-13H2,1-2H3,(H,22,25). The molecule has 2 aromatic carbocycles. The van der Waals surface area contributed by atoms with Crippen LogP contribution >= 0.6 is 0 Å². The van der Waals surface area contributed by atoms with Crippen molar-refractivity contribution in [3.63, 3.8) is 0 Å². The Morgan fingerprint density at radius 2 is 1.82 bits per heavy atom. The molecule has 0 heterocycles. The predicted molar refractivity (Wildman–Crippen MR) is 106 cm³/mol. The van der Waals surface area contributed by atoms with Crippen LogP contribution in [0.3, 0.4) is 0 Å². The second-order valence-corrected chi connectivity index (χ2v) is 6.12. The number of nitrogens with zero attached hydrogens (tertiary/aromatic N) is 1. The number of anilines is 2. The summed E-state index contributed by atoms with van der Waals surface area (Å²) in [6.07, 6.45) is -0.0819. The van der Waals surface area contributed by atoms with Crippen molar-refractivity contribution in [1.29, 1.82) is 0 Å². The third-order valence-corrected chi connectivity index (χ3v) is 4.05. The lowest BCUT2D eigenvalue weighted by Crippen LogP contribution is -2.30. The molecule has 1 amide bonds. The first-order valence-corrected chi connectivity index (χ1v) is 8.97. The number of carbonyl (C=O) groups excluding carboxylic acids is 2. The highest BCUT2D eigenvalue weighted by Gasteiger charge is 2.18. The molecule has 0 aliphatic heterocycles. The van der Waals surface area contributed by atoms with Crippen LogP contribution in [0.15, 0.2) is 48.5 Å². The van der Waals surface area contributed by atoms with Crippen LogP contribution in [0.2, 0.25) is 0 Å². The number of nitrogens with one attached hydrogen (secondary N) is 2. The van der Waals surface area contributed by atoms with Gasteiger partial charge in [0.05, 0.1) is 11.3 Å². The van der Waals surface area contributed by atoms with Gasteiger partial charge in [-0.2, -0.15) is 0 Å². The Bertz CT molecular complexity index is 836. The SMILES string of the molecule is CCc1ccc(NC(=O)C(C)OC(=O)CCNc2ccccc2[N+](=O)[O-])cc1. The number of aryl methyl sites for hydroxylation is 1. The third-order valence-electron chi connectivity index (χ3n) is 4.05. The second-order valence-electron chi connectivity index (χ2n) is 6.12. The lowest BCUT2D eigenvalue weighted by Gasteiger charge is -2.14. The number of carbonyl (C=O) groups is 2. The minimum atomic E-state index is -0.954. The summed E-state index contributed by atoms with van der Waals surface area (Å²) in [4.78, 5) is 34.5. The number of amides is 1. The van der Waals surface area contributed by atoms with E-state index in [4.69, 9.17) is 4.74 Å². The molecule has 8 nitrogen and oxygen atoms in total. The molecule has 0 aromatic heterocycles. The second kappa shape index (κ2) is 10.1. The maximum atomic E-state index is 12.1. The summed E-state index contributed by atoms with van der Waals surface area (Å²) in [5.74, 6) is -1.00. The van der Waals surface area contributed by atoms with E-state index in [0.717, 1.165) is 12.0 Å². The number of rotatable bonds is 9. The minimum absolute atomic E-state index is 0.0329. The van der Waals surface area contributed by atoms with E-state index in [2.05, 4.69) is 10.6 Å². The van der Waals surface area contributed by atoms with E-state index in [-0.39, 0.29) is 18.7 Å². The summed E-state index contributed by atoms with van der Waals surface area (Å²) in [5, 5.41) is 16.5. The smallest absolute Gasteiger partial charge is 0.308 e. The molecule has 0 fully saturated rings. The molecule has 0 aliphatic rings. The van der Waals surface area contributed by atoms with Crippen molar-refractivity contribution < 1.29 is 19.2 Å². The molecule has 0 aliphatic carbocycles.